The molecule has 1 aliphatic heterocycles. The van der Waals surface area contributed by atoms with Crippen molar-refractivity contribution in [1.29, 1.82) is 0 Å². The van der Waals surface area contributed by atoms with Crippen molar-refractivity contribution >= 4 is 11.6 Å². The summed E-state index contributed by atoms with van der Waals surface area (Å²) >= 11 is 0. The van der Waals surface area contributed by atoms with Gasteiger partial charge in [-0.1, -0.05) is 19.1 Å². The van der Waals surface area contributed by atoms with Gasteiger partial charge < -0.3 is 10.2 Å². The molecule has 1 saturated heterocycles. The fourth-order valence-electron chi connectivity index (χ4n) is 2.23. The Morgan fingerprint density at radius 3 is 2.71 bits per heavy atom. The summed E-state index contributed by atoms with van der Waals surface area (Å²) in [5.74, 6) is 0.0503. The van der Waals surface area contributed by atoms with Crippen LogP contribution < -0.4 is 10.2 Å². The quantitative estimate of drug-likeness (QED) is 0.864. The van der Waals surface area contributed by atoms with Gasteiger partial charge >= 0.3 is 0 Å². The number of anilines is 1. The molecule has 0 spiro atoms. The van der Waals surface area contributed by atoms with E-state index < -0.39 is 0 Å². The van der Waals surface area contributed by atoms with E-state index in [2.05, 4.69) is 17.1 Å². The Hall–Kier alpha value is -1.51. The summed E-state index contributed by atoms with van der Waals surface area (Å²) in [6.07, 6.45) is 3.42. The van der Waals surface area contributed by atoms with Crippen LogP contribution in [0, 0.1) is 0 Å². The zero-order chi connectivity index (χ0) is 12.1. The van der Waals surface area contributed by atoms with Crippen LogP contribution in [0.1, 0.15) is 36.5 Å². The Labute approximate surface area is 103 Å². The fraction of sp³-hybridized carbons (Fsp3) is 0.500. The second-order valence-corrected chi connectivity index (χ2v) is 4.47. The first-order valence-corrected chi connectivity index (χ1v) is 6.45. The number of carbonyl (C=O) groups excluding carboxylic acids is 1. The maximum Gasteiger partial charge on any atom is 0.253 e. The number of nitrogens with zero attached hydrogens (tertiary/aromatic N) is 1. The second kappa shape index (κ2) is 5.71. The van der Waals surface area contributed by atoms with Gasteiger partial charge in [0.1, 0.15) is 0 Å². The van der Waals surface area contributed by atoms with Gasteiger partial charge in [0.25, 0.3) is 5.91 Å². The van der Waals surface area contributed by atoms with Crippen molar-refractivity contribution in [3.63, 3.8) is 0 Å². The van der Waals surface area contributed by atoms with E-state index in [4.69, 9.17) is 0 Å². The van der Waals surface area contributed by atoms with Crippen LogP contribution in [0.3, 0.4) is 0 Å². The average molecular weight is 232 g/mol. The van der Waals surface area contributed by atoms with E-state index in [0.717, 1.165) is 37.3 Å². The summed E-state index contributed by atoms with van der Waals surface area (Å²) in [5, 5.41) is 2.95. The minimum atomic E-state index is 0.0503. The SMILES string of the molecule is CCCNC(=O)c1ccccc1N1CCCC1. The van der Waals surface area contributed by atoms with Crippen LogP contribution in [0.5, 0.6) is 0 Å². The van der Waals surface area contributed by atoms with Gasteiger partial charge in [0.2, 0.25) is 0 Å². The molecule has 1 N–H and O–H groups in total. The molecule has 0 radical (unpaired) electrons. The summed E-state index contributed by atoms with van der Waals surface area (Å²) in [6.45, 7) is 4.94. The smallest absolute Gasteiger partial charge is 0.253 e. The molecule has 1 amide bonds. The van der Waals surface area contributed by atoms with Gasteiger partial charge in [-0.2, -0.15) is 0 Å². The molecule has 0 aliphatic carbocycles. The van der Waals surface area contributed by atoms with Crippen LogP contribution in [0.4, 0.5) is 5.69 Å². The number of benzene rings is 1. The first-order valence-electron chi connectivity index (χ1n) is 6.45. The third kappa shape index (κ3) is 2.78. The van der Waals surface area contributed by atoms with E-state index in [-0.39, 0.29) is 5.91 Å². The summed E-state index contributed by atoms with van der Waals surface area (Å²) in [6, 6.07) is 7.90. The van der Waals surface area contributed by atoms with E-state index in [1.807, 2.05) is 24.3 Å². The van der Waals surface area contributed by atoms with Crippen LogP contribution >= 0.6 is 0 Å². The van der Waals surface area contributed by atoms with E-state index in [0.29, 0.717) is 0 Å². The van der Waals surface area contributed by atoms with Crippen molar-refractivity contribution in [2.24, 2.45) is 0 Å². The lowest BCUT2D eigenvalue weighted by Gasteiger charge is -2.20. The number of amides is 1. The molecule has 2 rings (SSSR count). The molecular weight excluding hydrogens is 212 g/mol. The van der Waals surface area contributed by atoms with Gasteiger partial charge in [0.05, 0.1) is 5.56 Å². The number of rotatable bonds is 4. The summed E-state index contributed by atoms with van der Waals surface area (Å²) in [5.41, 5.74) is 1.89. The van der Waals surface area contributed by atoms with Crippen molar-refractivity contribution in [2.45, 2.75) is 26.2 Å². The van der Waals surface area contributed by atoms with Crippen molar-refractivity contribution in [1.82, 2.24) is 5.32 Å². The fourth-order valence-corrected chi connectivity index (χ4v) is 2.23. The summed E-state index contributed by atoms with van der Waals surface area (Å²) in [4.78, 5) is 14.3. The molecule has 92 valence electrons. The number of nitrogens with one attached hydrogen (secondary N) is 1. The molecule has 0 atom stereocenters. The normalized spacial score (nSPS) is 15.0. The monoisotopic (exact) mass is 232 g/mol. The Kier molecular flexibility index (Phi) is 4.02. The van der Waals surface area contributed by atoms with Crippen molar-refractivity contribution < 1.29 is 4.79 Å². The first-order chi connectivity index (χ1) is 8.33. The van der Waals surface area contributed by atoms with Gasteiger partial charge in [-0.25, -0.2) is 0 Å². The molecule has 0 aromatic heterocycles. The molecule has 17 heavy (non-hydrogen) atoms. The van der Waals surface area contributed by atoms with E-state index in [1.54, 1.807) is 0 Å². The largest absolute Gasteiger partial charge is 0.371 e. The highest BCUT2D eigenvalue weighted by molar-refractivity contribution is 5.99. The van der Waals surface area contributed by atoms with Gasteiger partial charge in [0.15, 0.2) is 0 Å². The van der Waals surface area contributed by atoms with Crippen molar-refractivity contribution in [3.8, 4) is 0 Å². The molecule has 0 saturated carbocycles. The third-order valence-corrected chi connectivity index (χ3v) is 3.13. The lowest BCUT2D eigenvalue weighted by Crippen LogP contribution is -2.27. The Morgan fingerprint density at radius 1 is 1.29 bits per heavy atom. The molecule has 3 heteroatoms. The van der Waals surface area contributed by atoms with Crippen molar-refractivity contribution in [3.05, 3.63) is 29.8 Å². The van der Waals surface area contributed by atoms with Crippen LogP contribution in [-0.2, 0) is 0 Å². The van der Waals surface area contributed by atoms with E-state index in [1.165, 1.54) is 12.8 Å². The van der Waals surface area contributed by atoms with Crippen LogP contribution in [-0.4, -0.2) is 25.5 Å². The standard InChI is InChI=1S/C14H20N2O/c1-2-9-15-14(17)12-7-3-4-8-13(12)16-10-5-6-11-16/h3-4,7-8H,2,5-6,9-11H2,1H3,(H,15,17). The topological polar surface area (TPSA) is 32.3 Å². The molecule has 1 aliphatic rings. The maximum absolute atomic E-state index is 12.0. The van der Waals surface area contributed by atoms with Crippen molar-refractivity contribution in [2.75, 3.05) is 24.5 Å². The maximum atomic E-state index is 12.0. The molecule has 0 bridgehead atoms. The highest BCUT2D eigenvalue weighted by Gasteiger charge is 2.18. The lowest BCUT2D eigenvalue weighted by atomic mass is 10.1. The number of carbonyl (C=O) groups is 1. The predicted octanol–water partition coefficient (Wildman–Crippen LogP) is 2.43. The van der Waals surface area contributed by atoms with Gasteiger partial charge in [-0.3, -0.25) is 4.79 Å². The van der Waals surface area contributed by atoms with Crippen LogP contribution in [0.15, 0.2) is 24.3 Å². The minimum absolute atomic E-state index is 0.0503. The summed E-state index contributed by atoms with van der Waals surface area (Å²) in [7, 11) is 0. The zero-order valence-electron chi connectivity index (χ0n) is 10.4. The van der Waals surface area contributed by atoms with Crippen LogP contribution in [0.25, 0.3) is 0 Å². The summed E-state index contributed by atoms with van der Waals surface area (Å²) < 4.78 is 0. The van der Waals surface area contributed by atoms with E-state index in [9.17, 15) is 4.79 Å². The van der Waals surface area contributed by atoms with Gasteiger partial charge in [-0.15, -0.1) is 0 Å². The van der Waals surface area contributed by atoms with Crippen LogP contribution in [0.2, 0.25) is 0 Å². The molecule has 0 unspecified atom stereocenters. The average Bonchev–Trinajstić information content (AvgIpc) is 2.89. The van der Waals surface area contributed by atoms with Gasteiger partial charge in [-0.05, 0) is 31.4 Å². The second-order valence-electron chi connectivity index (χ2n) is 4.47. The first kappa shape index (κ1) is 12.0. The number of para-hydroxylation sites is 1. The lowest BCUT2D eigenvalue weighted by molar-refractivity contribution is 0.0954. The molecule has 1 heterocycles. The third-order valence-electron chi connectivity index (χ3n) is 3.13. The van der Waals surface area contributed by atoms with Gasteiger partial charge in [0, 0.05) is 25.3 Å². The molecule has 1 aromatic rings. The number of hydrogen-bond acceptors (Lipinski definition) is 2. The highest BCUT2D eigenvalue weighted by Crippen LogP contribution is 2.24. The highest BCUT2D eigenvalue weighted by atomic mass is 16.1. The molecule has 1 aromatic carbocycles. The number of hydrogen-bond donors (Lipinski definition) is 1. The molecule has 1 fully saturated rings. The predicted molar refractivity (Wildman–Crippen MR) is 70.5 cm³/mol. The Morgan fingerprint density at radius 2 is 2.00 bits per heavy atom. The molecular formula is C14H20N2O. The Bertz CT molecular complexity index is 384. The van der Waals surface area contributed by atoms with E-state index >= 15 is 0 Å². The molecule has 3 nitrogen and oxygen atoms in total. The Balaban J connectivity index is 2.17. The zero-order valence-corrected chi connectivity index (χ0v) is 10.4. The minimum Gasteiger partial charge on any atom is -0.371 e.